The lowest BCUT2D eigenvalue weighted by Gasteiger charge is -2.29. The Morgan fingerprint density at radius 1 is 1.09 bits per heavy atom. The van der Waals surface area contributed by atoms with Crippen molar-refractivity contribution in [2.75, 3.05) is 19.8 Å². The zero-order valence-electron chi connectivity index (χ0n) is 18.7. The average Bonchev–Trinajstić information content (AvgIpc) is 2.80. The van der Waals surface area contributed by atoms with Crippen LogP contribution in [0.1, 0.15) is 44.2 Å². The first kappa shape index (κ1) is 24.1. The van der Waals surface area contributed by atoms with Crippen molar-refractivity contribution in [2.45, 2.75) is 52.1 Å². The number of carbonyl (C=O) groups is 2. The summed E-state index contributed by atoms with van der Waals surface area (Å²) < 4.78 is 12.2. The Morgan fingerprint density at radius 3 is 2.62 bits per heavy atom. The Hall–Kier alpha value is -2.54. The minimum Gasteiger partial charge on any atom is -0.486 e. The minimum absolute atomic E-state index is 0.0574. The van der Waals surface area contributed by atoms with Gasteiger partial charge >= 0.3 is 0 Å². The van der Waals surface area contributed by atoms with E-state index in [-0.39, 0.29) is 11.8 Å². The van der Waals surface area contributed by atoms with Gasteiger partial charge in [0.2, 0.25) is 11.8 Å². The van der Waals surface area contributed by atoms with Crippen molar-refractivity contribution in [3.05, 3.63) is 58.1 Å². The number of carbonyl (C=O) groups excluding carboxylic acids is 2. The quantitative estimate of drug-likeness (QED) is 0.486. The molecule has 1 atom stereocenters. The summed E-state index contributed by atoms with van der Waals surface area (Å²) in [6.45, 7) is 5.95. The predicted molar refractivity (Wildman–Crippen MR) is 128 cm³/mol. The predicted octanol–water partition coefficient (Wildman–Crippen LogP) is 4.49. The van der Waals surface area contributed by atoms with Crippen LogP contribution in [0.4, 0.5) is 0 Å². The second-order valence-electron chi connectivity index (χ2n) is 7.95. The summed E-state index contributed by atoms with van der Waals surface area (Å²) in [6, 6.07) is 13.0. The molecule has 2 amide bonds. The Balaban J connectivity index is 1.69. The summed E-state index contributed by atoms with van der Waals surface area (Å²) in [5, 5.41) is 2.95. The van der Waals surface area contributed by atoms with E-state index >= 15 is 0 Å². The third kappa shape index (κ3) is 6.73. The molecule has 0 aromatic heterocycles. The molecule has 2 aromatic rings. The van der Waals surface area contributed by atoms with E-state index in [0.29, 0.717) is 39.1 Å². The first-order valence-corrected chi connectivity index (χ1v) is 12.0. The zero-order valence-corrected chi connectivity index (χ0v) is 20.3. The normalized spacial score (nSPS) is 13.3. The lowest BCUT2D eigenvalue weighted by atomic mass is 10.1. The average molecular weight is 503 g/mol. The van der Waals surface area contributed by atoms with Crippen LogP contribution >= 0.6 is 15.9 Å². The zero-order chi connectivity index (χ0) is 22.9. The number of rotatable bonds is 10. The molecule has 6 nitrogen and oxygen atoms in total. The van der Waals surface area contributed by atoms with Crippen molar-refractivity contribution in [1.29, 1.82) is 0 Å². The van der Waals surface area contributed by atoms with Crippen LogP contribution in [0.3, 0.4) is 0 Å². The number of aryl methyl sites for hydroxylation is 1. The lowest BCUT2D eigenvalue weighted by molar-refractivity contribution is -0.140. The summed E-state index contributed by atoms with van der Waals surface area (Å²) in [5.41, 5.74) is 1.98. The fourth-order valence-corrected chi connectivity index (χ4v) is 4.04. The molecule has 1 heterocycles. The van der Waals surface area contributed by atoms with Crippen molar-refractivity contribution < 1.29 is 19.1 Å². The molecule has 0 aliphatic carbocycles. The molecule has 0 saturated heterocycles. The number of unbranched alkanes of at least 4 members (excludes halogenated alkanes) is 1. The lowest BCUT2D eigenvalue weighted by Crippen LogP contribution is -2.47. The van der Waals surface area contributed by atoms with Crippen LogP contribution in [0.5, 0.6) is 11.5 Å². The van der Waals surface area contributed by atoms with E-state index in [1.807, 2.05) is 42.5 Å². The fraction of sp³-hybridized carbons (Fsp3) is 0.440. The van der Waals surface area contributed by atoms with E-state index in [9.17, 15) is 9.59 Å². The molecule has 1 aliphatic rings. The van der Waals surface area contributed by atoms with Gasteiger partial charge in [0.05, 0.1) is 0 Å². The van der Waals surface area contributed by atoms with Crippen LogP contribution in [-0.2, 0) is 22.6 Å². The van der Waals surface area contributed by atoms with E-state index in [0.717, 1.165) is 39.9 Å². The molecule has 1 N–H and O–H groups in total. The van der Waals surface area contributed by atoms with E-state index in [2.05, 4.69) is 28.2 Å². The molecule has 0 spiro atoms. The van der Waals surface area contributed by atoms with Crippen LogP contribution in [-0.4, -0.2) is 42.5 Å². The van der Waals surface area contributed by atoms with Gasteiger partial charge in [-0.15, -0.1) is 0 Å². The number of fused-ring (bicyclic) bond motifs is 1. The van der Waals surface area contributed by atoms with Gasteiger partial charge < -0.3 is 19.7 Å². The third-order valence-electron chi connectivity index (χ3n) is 5.47. The Bertz CT molecular complexity index is 934. The number of nitrogens with one attached hydrogen (secondary N) is 1. The van der Waals surface area contributed by atoms with Crippen LogP contribution in [0.25, 0.3) is 0 Å². The van der Waals surface area contributed by atoms with Gasteiger partial charge in [-0.25, -0.2) is 0 Å². The van der Waals surface area contributed by atoms with E-state index in [1.54, 1.807) is 11.8 Å². The molecule has 1 unspecified atom stereocenters. The van der Waals surface area contributed by atoms with Crippen LogP contribution < -0.4 is 14.8 Å². The summed E-state index contributed by atoms with van der Waals surface area (Å²) in [6.07, 6.45) is 2.79. The Kier molecular flexibility index (Phi) is 8.97. The molecule has 0 bridgehead atoms. The minimum atomic E-state index is -0.557. The first-order chi connectivity index (χ1) is 15.5. The number of amides is 2. The van der Waals surface area contributed by atoms with Gasteiger partial charge in [0, 0.05) is 24.0 Å². The summed E-state index contributed by atoms with van der Waals surface area (Å²) in [5.74, 6) is 1.27. The van der Waals surface area contributed by atoms with Crippen molar-refractivity contribution in [3.8, 4) is 11.5 Å². The molecule has 1 aliphatic heterocycles. The number of ether oxygens (including phenoxy) is 2. The smallest absolute Gasteiger partial charge is 0.242 e. The van der Waals surface area contributed by atoms with E-state index in [1.165, 1.54) is 0 Å². The molecule has 0 radical (unpaired) electrons. The molecular weight excluding hydrogens is 472 g/mol. The van der Waals surface area contributed by atoms with Gasteiger partial charge in [-0.1, -0.05) is 47.5 Å². The van der Waals surface area contributed by atoms with Gasteiger partial charge in [0.15, 0.2) is 11.5 Å². The monoisotopic (exact) mass is 502 g/mol. The van der Waals surface area contributed by atoms with Crippen LogP contribution in [0.15, 0.2) is 46.9 Å². The highest BCUT2D eigenvalue weighted by Gasteiger charge is 2.26. The number of hydrogen-bond acceptors (Lipinski definition) is 4. The highest BCUT2D eigenvalue weighted by atomic mass is 79.9. The number of halogens is 1. The number of benzene rings is 2. The molecule has 2 aromatic carbocycles. The van der Waals surface area contributed by atoms with E-state index < -0.39 is 6.04 Å². The van der Waals surface area contributed by atoms with E-state index in [4.69, 9.17) is 9.47 Å². The van der Waals surface area contributed by atoms with Gasteiger partial charge in [-0.3, -0.25) is 9.59 Å². The first-order valence-electron chi connectivity index (χ1n) is 11.2. The van der Waals surface area contributed by atoms with Gasteiger partial charge in [0.25, 0.3) is 0 Å². The highest BCUT2D eigenvalue weighted by Crippen LogP contribution is 2.31. The van der Waals surface area contributed by atoms with Crippen molar-refractivity contribution in [3.63, 3.8) is 0 Å². The summed E-state index contributed by atoms with van der Waals surface area (Å²) >= 11 is 3.48. The highest BCUT2D eigenvalue weighted by molar-refractivity contribution is 9.10. The van der Waals surface area contributed by atoms with Crippen molar-refractivity contribution in [1.82, 2.24) is 10.2 Å². The number of hydrogen-bond donors (Lipinski definition) is 1. The molecule has 172 valence electrons. The Labute approximate surface area is 198 Å². The van der Waals surface area contributed by atoms with Crippen LogP contribution in [0, 0.1) is 0 Å². The topological polar surface area (TPSA) is 67.9 Å². The Morgan fingerprint density at radius 2 is 1.88 bits per heavy atom. The van der Waals surface area contributed by atoms with Crippen molar-refractivity contribution in [2.24, 2.45) is 0 Å². The van der Waals surface area contributed by atoms with Crippen LogP contribution in [0.2, 0.25) is 0 Å². The second kappa shape index (κ2) is 11.9. The summed E-state index contributed by atoms with van der Waals surface area (Å²) in [7, 11) is 0. The fourth-order valence-electron chi connectivity index (χ4n) is 3.59. The SMILES string of the molecule is CCCCNC(=O)C(C)N(Cc1cccc(Br)c1)C(=O)CCc1ccc2c(c1)OCCO2. The molecule has 3 rings (SSSR count). The second-order valence-corrected chi connectivity index (χ2v) is 8.87. The molecule has 7 heteroatoms. The molecule has 0 fully saturated rings. The van der Waals surface area contributed by atoms with Gasteiger partial charge in [0.1, 0.15) is 19.3 Å². The van der Waals surface area contributed by atoms with Gasteiger partial charge in [-0.05, 0) is 55.2 Å². The molecule has 0 saturated carbocycles. The maximum absolute atomic E-state index is 13.2. The largest absolute Gasteiger partial charge is 0.486 e. The third-order valence-corrected chi connectivity index (χ3v) is 5.97. The maximum atomic E-state index is 13.2. The standard InChI is InChI=1S/C25H31BrN2O4/c1-3-4-12-27-25(30)18(2)28(17-20-6-5-7-21(26)15-20)24(29)11-9-19-8-10-22-23(16-19)32-14-13-31-22/h5-8,10,15-16,18H,3-4,9,11-14,17H2,1-2H3,(H,27,30). The maximum Gasteiger partial charge on any atom is 0.242 e. The number of nitrogens with zero attached hydrogens (tertiary/aromatic N) is 1. The van der Waals surface area contributed by atoms with Gasteiger partial charge in [-0.2, -0.15) is 0 Å². The van der Waals surface area contributed by atoms with Crippen molar-refractivity contribution >= 4 is 27.7 Å². The summed E-state index contributed by atoms with van der Waals surface area (Å²) in [4.78, 5) is 27.6. The molecular formula is C25H31BrN2O4. The molecule has 32 heavy (non-hydrogen) atoms.